The van der Waals surface area contributed by atoms with Gasteiger partial charge in [0.15, 0.2) is 0 Å². The molecule has 0 bridgehead atoms. The first-order valence-electron chi connectivity index (χ1n) is 4.26. The standard InChI is InChI=1S/C11H12N2/c1-2-10(12)9-4-3-8-5-6-13-11(8)7-9/h2-7,10,13H,1,12H2. The zero-order chi connectivity index (χ0) is 9.26. The highest BCUT2D eigenvalue weighted by Gasteiger charge is 2.01. The second kappa shape index (κ2) is 3.07. The highest BCUT2D eigenvalue weighted by molar-refractivity contribution is 5.80. The Kier molecular flexibility index (Phi) is 1.91. The van der Waals surface area contributed by atoms with Gasteiger partial charge in [0.05, 0.1) is 0 Å². The summed E-state index contributed by atoms with van der Waals surface area (Å²) in [5.74, 6) is 0. The van der Waals surface area contributed by atoms with E-state index in [0.717, 1.165) is 11.1 Å². The number of nitrogens with two attached hydrogens (primary N) is 1. The number of fused-ring (bicyclic) bond motifs is 1. The molecule has 2 rings (SSSR count). The van der Waals surface area contributed by atoms with Crippen molar-refractivity contribution in [3.05, 3.63) is 48.7 Å². The molecule has 1 unspecified atom stereocenters. The van der Waals surface area contributed by atoms with Gasteiger partial charge in [-0.3, -0.25) is 0 Å². The number of nitrogens with one attached hydrogen (secondary N) is 1. The van der Waals surface area contributed by atoms with Gasteiger partial charge in [0.25, 0.3) is 0 Å². The van der Waals surface area contributed by atoms with E-state index in [4.69, 9.17) is 5.73 Å². The fourth-order valence-electron chi connectivity index (χ4n) is 1.41. The quantitative estimate of drug-likeness (QED) is 0.671. The van der Waals surface area contributed by atoms with Gasteiger partial charge in [-0.25, -0.2) is 0 Å². The summed E-state index contributed by atoms with van der Waals surface area (Å²) in [6.45, 7) is 3.67. The van der Waals surface area contributed by atoms with Crippen molar-refractivity contribution in [1.82, 2.24) is 4.98 Å². The van der Waals surface area contributed by atoms with Gasteiger partial charge in [-0.2, -0.15) is 0 Å². The van der Waals surface area contributed by atoms with Crippen molar-refractivity contribution < 1.29 is 0 Å². The van der Waals surface area contributed by atoms with E-state index >= 15 is 0 Å². The van der Waals surface area contributed by atoms with E-state index in [0.29, 0.717) is 0 Å². The third kappa shape index (κ3) is 1.36. The van der Waals surface area contributed by atoms with E-state index in [1.54, 1.807) is 6.08 Å². The molecule has 0 amide bonds. The molecule has 0 aliphatic rings. The fraction of sp³-hybridized carbons (Fsp3) is 0.0909. The van der Waals surface area contributed by atoms with Crippen LogP contribution in [0.4, 0.5) is 0 Å². The van der Waals surface area contributed by atoms with Gasteiger partial charge in [-0.1, -0.05) is 18.2 Å². The van der Waals surface area contributed by atoms with Crippen LogP contribution in [-0.2, 0) is 0 Å². The molecule has 13 heavy (non-hydrogen) atoms. The van der Waals surface area contributed by atoms with Crippen LogP contribution >= 0.6 is 0 Å². The zero-order valence-corrected chi connectivity index (χ0v) is 7.33. The Hall–Kier alpha value is -1.54. The summed E-state index contributed by atoms with van der Waals surface area (Å²) in [6.07, 6.45) is 3.66. The maximum atomic E-state index is 5.82. The first-order valence-corrected chi connectivity index (χ1v) is 4.26. The summed E-state index contributed by atoms with van der Waals surface area (Å²) >= 11 is 0. The van der Waals surface area contributed by atoms with Gasteiger partial charge in [0, 0.05) is 17.8 Å². The Morgan fingerprint density at radius 3 is 3.00 bits per heavy atom. The van der Waals surface area contributed by atoms with Crippen molar-refractivity contribution in [2.24, 2.45) is 5.73 Å². The second-order valence-corrected chi connectivity index (χ2v) is 3.09. The minimum absolute atomic E-state index is 0.0762. The third-order valence-corrected chi connectivity index (χ3v) is 2.22. The first kappa shape index (κ1) is 8.08. The molecular weight excluding hydrogens is 160 g/mol. The zero-order valence-electron chi connectivity index (χ0n) is 7.33. The summed E-state index contributed by atoms with van der Waals surface area (Å²) < 4.78 is 0. The minimum Gasteiger partial charge on any atom is -0.361 e. The van der Waals surface area contributed by atoms with Crippen molar-refractivity contribution in [2.75, 3.05) is 0 Å². The molecule has 0 aliphatic heterocycles. The Balaban J connectivity index is 2.53. The number of hydrogen-bond donors (Lipinski definition) is 2. The summed E-state index contributed by atoms with van der Waals surface area (Å²) in [7, 11) is 0. The Labute approximate surface area is 77.1 Å². The van der Waals surface area contributed by atoms with Crippen LogP contribution in [0.2, 0.25) is 0 Å². The molecule has 1 aromatic heterocycles. The monoisotopic (exact) mass is 172 g/mol. The largest absolute Gasteiger partial charge is 0.361 e. The normalized spacial score (nSPS) is 13.0. The molecular formula is C11H12N2. The number of aromatic amines is 1. The maximum Gasteiger partial charge on any atom is 0.0479 e. The van der Waals surface area contributed by atoms with Crippen LogP contribution in [0.3, 0.4) is 0 Å². The first-order chi connectivity index (χ1) is 6.31. The molecule has 0 radical (unpaired) electrons. The molecule has 1 heterocycles. The highest BCUT2D eigenvalue weighted by Crippen LogP contribution is 2.18. The van der Waals surface area contributed by atoms with Gasteiger partial charge < -0.3 is 10.7 Å². The molecule has 2 aromatic rings. The highest BCUT2D eigenvalue weighted by atomic mass is 14.7. The van der Waals surface area contributed by atoms with Crippen molar-refractivity contribution in [3.8, 4) is 0 Å². The van der Waals surface area contributed by atoms with E-state index in [-0.39, 0.29) is 6.04 Å². The molecule has 66 valence electrons. The van der Waals surface area contributed by atoms with Gasteiger partial charge in [-0.15, -0.1) is 6.58 Å². The van der Waals surface area contributed by atoms with E-state index in [9.17, 15) is 0 Å². The number of aromatic nitrogens is 1. The van der Waals surface area contributed by atoms with Crippen LogP contribution in [0.1, 0.15) is 11.6 Å². The number of H-pyrrole nitrogens is 1. The summed E-state index contributed by atoms with van der Waals surface area (Å²) in [4.78, 5) is 3.15. The molecule has 3 N–H and O–H groups in total. The van der Waals surface area contributed by atoms with Gasteiger partial charge >= 0.3 is 0 Å². The number of rotatable bonds is 2. The average molecular weight is 172 g/mol. The smallest absolute Gasteiger partial charge is 0.0479 e. The maximum absolute atomic E-state index is 5.82. The summed E-state index contributed by atoms with van der Waals surface area (Å²) in [5, 5.41) is 1.21. The third-order valence-electron chi connectivity index (χ3n) is 2.22. The van der Waals surface area contributed by atoms with Gasteiger partial charge in [0.1, 0.15) is 0 Å². The predicted octanol–water partition coefficient (Wildman–Crippen LogP) is 2.35. The lowest BCUT2D eigenvalue weighted by Gasteiger charge is -2.05. The fourth-order valence-corrected chi connectivity index (χ4v) is 1.41. The Morgan fingerprint density at radius 1 is 1.38 bits per heavy atom. The molecule has 0 aliphatic carbocycles. The van der Waals surface area contributed by atoms with E-state index in [2.05, 4.69) is 23.7 Å². The van der Waals surface area contributed by atoms with Crippen molar-refractivity contribution in [1.29, 1.82) is 0 Å². The lowest BCUT2D eigenvalue weighted by Crippen LogP contribution is -2.05. The lowest BCUT2D eigenvalue weighted by atomic mass is 10.1. The molecule has 0 saturated carbocycles. The molecule has 1 aromatic carbocycles. The van der Waals surface area contributed by atoms with E-state index in [1.165, 1.54) is 5.39 Å². The van der Waals surface area contributed by atoms with Crippen LogP contribution in [-0.4, -0.2) is 4.98 Å². The predicted molar refractivity (Wildman–Crippen MR) is 55.4 cm³/mol. The number of hydrogen-bond acceptors (Lipinski definition) is 1. The van der Waals surface area contributed by atoms with Gasteiger partial charge in [-0.05, 0) is 23.1 Å². The van der Waals surface area contributed by atoms with E-state index < -0.39 is 0 Å². The second-order valence-electron chi connectivity index (χ2n) is 3.09. The van der Waals surface area contributed by atoms with Crippen molar-refractivity contribution >= 4 is 10.9 Å². The Morgan fingerprint density at radius 2 is 2.23 bits per heavy atom. The van der Waals surface area contributed by atoms with Crippen molar-refractivity contribution in [3.63, 3.8) is 0 Å². The Bertz CT molecular complexity index is 428. The molecule has 0 fully saturated rings. The summed E-state index contributed by atoms with van der Waals surface area (Å²) in [6, 6.07) is 8.11. The van der Waals surface area contributed by atoms with Crippen LogP contribution in [0.5, 0.6) is 0 Å². The van der Waals surface area contributed by atoms with Gasteiger partial charge in [0.2, 0.25) is 0 Å². The van der Waals surface area contributed by atoms with E-state index in [1.807, 2.05) is 18.3 Å². The van der Waals surface area contributed by atoms with Crippen molar-refractivity contribution in [2.45, 2.75) is 6.04 Å². The molecule has 0 saturated heterocycles. The topological polar surface area (TPSA) is 41.8 Å². The number of benzene rings is 1. The minimum atomic E-state index is -0.0762. The SMILES string of the molecule is C=CC(N)c1ccc2cc[nH]c2c1. The van der Waals surface area contributed by atoms with Crippen LogP contribution < -0.4 is 5.73 Å². The molecule has 2 nitrogen and oxygen atoms in total. The molecule has 1 atom stereocenters. The molecule has 2 heteroatoms. The summed E-state index contributed by atoms with van der Waals surface area (Å²) in [5.41, 5.74) is 8.03. The average Bonchev–Trinajstić information content (AvgIpc) is 2.63. The van der Waals surface area contributed by atoms with Crippen LogP contribution in [0.25, 0.3) is 10.9 Å². The lowest BCUT2D eigenvalue weighted by molar-refractivity contribution is 0.916. The van der Waals surface area contributed by atoms with Crippen LogP contribution in [0.15, 0.2) is 43.1 Å². The molecule has 0 spiro atoms. The van der Waals surface area contributed by atoms with Crippen LogP contribution in [0, 0.1) is 0 Å².